The molecule has 0 N–H and O–H groups in total. The second-order valence-corrected chi connectivity index (χ2v) is 4.99. The molecule has 0 bridgehead atoms. The van der Waals surface area contributed by atoms with Crippen LogP contribution in [0.25, 0.3) is 11.6 Å². The molecule has 22 heavy (non-hydrogen) atoms. The molecule has 0 saturated heterocycles. The van der Waals surface area contributed by atoms with E-state index in [0.717, 1.165) is 5.56 Å². The largest absolute Gasteiger partial charge is 0.454 e. The predicted molar refractivity (Wildman–Crippen MR) is 82.2 cm³/mol. The van der Waals surface area contributed by atoms with Gasteiger partial charge >= 0.3 is 0 Å². The second-order valence-electron chi connectivity index (χ2n) is 4.59. The maximum atomic E-state index is 9.37. The van der Waals surface area contributed by atoms with E-state index in [0.29, 0.717) is 33.2 Å². The van der Waals surface area contributed by atoms with E-state index in [2.05, 4.69) is 6.07 Å². The van der Waals surface area contributed by atoms with Crippen LogP contribution in [0, 0.1) is 22.7 Å². The minimum absolute atomic E-state index is 0.166. The highest BCUT2D eigenvalue weighted by atomic mass is 35.5. The van der Waals surface area contributed by atoms with Gasteiger partial charge in [-0.2, -0.15) is 10.5 Å². The zero-order chi connectivity index (χ0) is 15.5. The summed E-state index contributed by atoms with van der Waals surface area (Å²) in [5.74, 6) is 1.20. The third kappa shape index (κ3) is 2.61. The molecule has 0 aromatic heterocycles. The number of allylic oxidation sites excluding steroid dienone is 1. The van der Waals surface area contributed by atoms with E-state index in [1.807, 2.05) is 6.07 Å². The minimum atomic E-state index is 0.166. The van der Waals surface area contributed by atoms with Crippen molar-refractivity contribution in [1.29, 1.82) is 10.5 Å². The third-order valence-electron chi connectivity index (χ3n) is 3.24. The molecule has 3 rings (SSSR count). The van der Waals surface area contributed by atoms with Crippen LogP contribution in [0.3, 0.4) is 0 Å². The van der Waals surface area contributed by atoms with Gasteiger partial charge in [-0.05, 0) is 35.4 Å². The molecular weight excluding hydrogens is 300 g/mol. The summed E-state index contributed by atoms with van der Waals surface area (Å²) < 4.78 is 10.6. The Labute approximate surface area is 132 Å². The molecule has 106 valence electrons. The standard InChI is InChI=1S/C17H9ClN2O2/c18-15-7-17-16(21-10-22-17)6-13(15)5-14(9-20)12-3-1-11(8-19)2-4-12/h1-7H,10H2. The molecule has 0 atom stereocenters. The normalized spacial score (nSPS) is 12.6. The summed E-state index contributed by atoms with van der Waals surface area (Å²) in [6, 6.07) is 14.4. The van der Waals surface area contributed by atoms with Crippen molar-refractivity contribution in [2.24, 2.45) is 0 Å². The van der Waals surface area contributed by atoms with Gasteiger partial charge in [-0.1, -0.05) is 23.7 Å². The van der Waals surface area contributed by atoms with Crippen molar-refractivity contribution in [3.05, 3.63) is 58.1 Å². The van der Waals surface area contributed by atoms with Crippen molar-refractivity contribution >= 4 is 23.3 Å². The summed E-state index contributed by atoms with van der Waals surface area (Å²) in [5, 5.41) is 18.7. The summed E-state index contributed by atoms with van der Waals surface area (Å²) in [7, 11) is 0. The van der Waals surface area contributed by atoms with Crippen LogP contribution in [0.5, 0.6) is 11.5 Å². The van der Waals surface area contributed by atoms with Gasteiger partial charge in [0.2, 0.25) is 6.79 Å². The Morgan fingerprint density at radius 1 is 1.09 bits per heavy atom. The van der Waals surface area contributed by atoms with E-state index in [-0.39, 0.29) is 6.79 Å². The molecule has 4 nitrogen and oxygen atoms in total. The molecule has 2 aromatic rings. The molecule has 0 radical (unpaired) electrons. The lowest BCUT2D eigenvalue weighted by Gasteiger charge is -2.04. The monoisotopic (exact) mass is 308 g/mol. The van der Waals surface area contributed by atoms with Crippen LogP contribution in [0.4, 0.5) is 0 Å². The van der Waals surface area contributed by atoms with Gasteiger partial charge in [-0.15, -0.1) is 0 Å². The second kappa shape index (κ2) is 5.81. The Balaban J connectivity index is 2.02. The first-order chi connectivity index (χ1) is 10.7. The van der Waals surface area contributed by atoms with Gasteiger partial charge in [0.25, 0.3) is 0 Å². The smallest absolute Gasteiger partial charge is 0.231 e. The van der Waals surface area contributed by atoms with Crippen LogP contribution < -0.4 is 9.47 Å². The van der Waals surface area contributed by atoms with Crippen molar-refractivity contribution in [2.75, 3.05) is 6.79 Å². The zero-order valence-electron chi connectivity index (χ0n) is 11.3. The average Bonchev–Trinajstić information content (AvgIpc) is 2.99. The number of rotatable bonds is 2. The lowest BCUT2D eigenvalue weighted by Crippen LogP contribution is -1.92. The Kier molecular flexibility index (Phi) is 3.70. The number of hydrogen-bond acceptors (Lipinski definition) is 4. The molecule has 5 heteroatoms. The topological polar surface area (TPSA) is 66.0 Å². The SMILES string of the molecule is N#CC(=Cc1cc2c(cc1Cl)OCO2)c1ccc(C#N)cc1. The average molecular weight is 309 g/mol. The van der Waals surface area contributed by atoms with Crippen LogP contribution in [0.2, 0.25) is 5.02 Å². The first kappa shape index (κ1) is 14.0. The van der Waals surface area contributed by atoms with E-state index in [1.165, 1.54) is 0 Å². The highest BCUT2D eigenvalue weighted by Gasteiger charge is 2.16. The molecule has 2 aromatic carbocycles. The van der Waals surface area contributed by atoms with Gasteiger partial charge in [-0.25, -0.2) is 0 Å². The zero-order valence-corrected chi connectivity index (χ0v) is 12.1. The highest BCUT2D eigenvalue weighted by molar-refractivity contribution is 6.32. The summed E-state index contributed by atoms with van der Waals surface area (Å²) in [4.78, 5) is 0. The molecule has 1 heterocycles. The number of nitrogens with zero attached hydrogens (tertiary/aromatic N) is 2. The first-order valence-corrected chi connectivity index (χ1v) is 6.80. The molecule has 0 unspecified atom stereocenters. The van der Waals surface area contributed by atoms with Crippen molar-refractivity contribution in [1.82, 2.24) is 0 Å². The van der Waals surface area contributed by atoms with E-state index < -0.39 is 0 Å². The quantitative estimate of drug-likeness (QED) is 0.621. The van der Waals surface area contributed by atoms with Crippen LogP contribution in [0.1, 0.15) is 16.7 Å². The van der Waals surface area contributed by atoms with Gasteiger partial charge in [0.05, 0.1) is 28.3 Å². The molecule has 0 fully saturated rings. The van der Waals surface area contributed by atoms with E-state index in [9.17, 15) is 5.26 Å². The minimum Gasteiger partial charge on any atom is -0.454 e. The fourth-order valence-electron chi connectivity index (χ4n) is 2.10. The molecule has 1 aliphatic rings. The number of fused-ring (bicyclic) bond motifs is 1. The molecule has 0 spiro atoms. The summed E-state index contributed by atoms with van der Waals surface area (Å²) in [6.45, 7) is 0.166. The van der Waals surface area contributed by atoms with Gasteiger partial charge in [0.15, 0.2) is 11.5 Å². The van der Waals surface area contributed by atoms with Crippen LogP contribution in [-0.4, -0.2) is 6.79 Å². The van der Waals surface area contributed by atoms with Crippen LogP contribution >= 0.6 is 11.6 Å². The lowest BCUT2D eigenvalue weighted by atomic mass is 10.0. The van der Waals surface area contributed by atoms with Crippen molar-refractivity contribution in [3.8, 4) is 23.6 Å². The molecule has 1 aliphatic heterocycles. The van der Waals surface area contributed by atoms with Gasteiger partial charge in [0.1, 0.15) is 0 Å². The van der Waals surface area contributed by atoms with Gasteiger partial charge < -0.3 is 9.47 Å². The predicted octanol–water partition coefficient (Wildman–Crippen LogP) is 4.00. The third-order valence-corrected chi connectivity index (χ3v) is 3.56. The van der Waals surface area contributed by atoms with Crippen molar-refractivity contribution in [2.45, 2.75) is 0 Å². The molecule has 0 saturated carbocycles. The molecule has 0 aliphatic carbocycles. The fourth-order valence-corrected chi connectivity index (χ4v) is 2.31. The number of nitriles is 2. The fraction of sp³-hybridized carbons (Fsp3) is 0.0588. The lowest BCUT2D eigenvalue weighted by molar-refractivity contribution is 0.174. The summed E-state index contributed by atoms with van der Waals surface area (Å²) >= 11 is 6.21. The number of ether oxygens (including phenoxy) is 2. The van der Waals surface area contributed by atoms with Crippen molar-refractivity contribution in [3.63, 3.8) is 0 Å². The summed E-state index contributed by atoms with van der Waals surface area (Å²) in [6.07, 6.45) is 1.69. The Morgan fingerprint density at radius 3 is 2.41 bits per heavy atom. The highest BCUT2D eigenvalue weighted by Crippen LogP contribution is 2.38. The maximum absolute atomic E-state index is 9.37. The van der Waals surface area contributed by atoms with E-state index in [1.54, 1.807) is 42.5 Å². The van der Waals surface area contributed by atoms with Gasteiger partial charge in [0, 0.05) is 6.07 Å². The Bertz CT molecular complexity index is 843. The Hall–Kier alpha value is -2.95. The molecular formula is C17H9ClN2O2. The van der Waals surface area contributed by atoms with E-state index >= 15 is 0 Å². The maximum Gasteiger partial charge on any atom is 0.231 e. The summed E-state index contributed by atoms with van der Waals surface area (Å²) in [5.41, 5.74) is 2.38. The first-order valence-electron chi connectivity index (χ1n) is 6.43. The van der Waals surface area contributed by atoms with Crippen LogP contribution in [-0.2, 0) is 0 Å². The number of halogens is 1. The van der Waals surface area contributed by atoms with E-state index in [4.69, 9.17) is 26.3 Å². The molecule has 0 amide bonds. The number of hydrogen-bond donors (Lipinski definition) is 0. The van der Waals surface area contributed by atoms with Gasteiger partial charge in [-0.3, -0.25) is 0 Å². The van der Waals surface area contributed by atoms with Crippen LogP contribution in [0.15, 0.2) is 36.4 Å². The van der Waals surface area contributed by atoms with Crippen molar-refractivity contribution < 1.29 is 9.47 Å². The Morgan fingerprint density at radius 2 is 1.77 bits per heavy atom. The number of benzene rings is 2.